The summed E-state index contributed by atoms with van der Waals surface area (Å²) in [7, 11) is 0. The third-order valence-corrected chi connectivity index (χ3v) is 4.77. The van der Waals surface area contributed by atoms with Gasteiger partial charge in [-0.1, -0.05) is 19.3 Å². The molecule has 94 valence electrons. The van der Waals surface area contributed by atoms with Crippen LogP contribution in [0, 0.1) is 0 Å². The summed E-state index contributed by atoms with van der Waals surface area (Å²) < 4.78 is 3.28. The van der Waals surface area contributed by atoms with Gasteiger partial charge in [-0.25, -0.2) is 4.98 Å². The van der Waals surface area contributed by atoms with Crippen molar-refractivity contribution in [1.29, 1.82) is 0 Å². The van der Waals surface area contributed by atoms with Gasteiger partial charge in [0.05, 0.1) is 18.3 Å². The summed E-state index contributed by atoms with van der Waals surface area (Å²) >= 11 is 3.58. The Balaban J connectivity index is 1.93. The fourth-order valence-corrected chi connectivity index (χ4v) is 3.79. The van der Waals surface area contributed by atoms with Crippen LogP contribution >= 0.6 is 15.9 Å². The zero-order valence-corrected chi connectivity index (χ0v) is 11.6. The van der Waals surface area contributed by atoms with Crippen molar-refractivity contribution in [1.82, 2.24) is 9.55 Å². The van der Waals surface area contributed by atoms with E-state index in [4.69, 9.17) is 4.98 Å². The molecule has 0 aromatic carbocycles. The molecular formula is C13H19BrN2O. The molecular weight excluding hydrogens is 280 g/mol. The van der Waals surface area contributed by atoms with Gasteiger partial charge in [-0.2, -0.15) is 0 Å². The van der Waals surface area contributed by atoms with Gasteiger partial charge >= 0.3 is 0 Å². The Hall–Kier alpha value is -0.350. The first-order valence-electron chi connectivity index (χ1n) is 6.68. The van der Waals surface area contributed by atoms with Crippen molar-refractivity contribution in [2.75, 3.05) is 0 Å². The summed E-state index contributed by atoms with van der Waals surface area (Å²) in [5, 5.41) is 9.82. The van der Waals surface area contributed by atoms with Gasteiger partial charge < -0.3 is 9.67 Å². The summed E-state index contributed by atoms with van der Waals surface area (Å²) in [6, 6.07) is 0. The van der Waals surface area contributed by atoms with Gasteiger partial charge in [0.2, 0.25) is 0 Å². The number of imidazole rings is 1. The summed E-state index contributed by atoms with van der Waals surface area (Å²) in [6.07, 6.45) is 8.17. The summed E-state index contributed by atoms with van der Waals surface area (Å²) in [5.74, 6) is 1.82. The highest BCUT2D eigenvalue weighted by atomic mass is 79.9. The number of rotatable bonds is 1. The van der Waals surface area contributed by atoms with Crippen molar-refractivity contribution >= 4 is 15.9 Å². The van der Waals surface area contributed by atoms with Crippen molar-refractivity contribution in [2.24, 2.45) is 0 Å². The standard InChI is InChI=1S/C13H19BrN2O/c14-12-11-7-6-10(17)8-16(11)13(15-12)9-4-2-1-3-5-9/h9-10,17H,1-8H2. The Morgan fingerprint density at radius 3 is 2.71 bits per heavy atom. The highest BCUT2D eigenvalue weighted by Crippen LogP contribution is 2.35. The molecule has 1 unspecified atom stereocenters. The molecule has 1 N–H and O–H groups in total. The van der Waals surface area contributed by atoms with Crippen molar-refractivity contribution in [3.63, 3.8) is 0 Å². The number of hydrogen-bond donors (Lipinski definition) is 1. The maximum absolute atomic E-state index is 9.82. The van der Waals surface area contributed by atoms with E-state index < -0.39 is 0 Å². The SMILES string of the molecule is OC1CCc2c(Br)nc(C3CCCCC3)n2C1. The van der Waals surface area contributed by atoms with Crippen LogP contribution in [-0.2, 0) is 13.0 Å². The second-order valence-corrected chi connectivity index (χ2v) is 6.10. The first-order chi connectivity index (χ1) is 8.25. The van der Waals surface area contributed by atoms with Crippen LogP contribution in [0.15, 0.2) is 4.60 Å². The van der Waals surface area contributed by atoms with Gasteiger partial charge in [-0.15, -0.1) is 0 Å². The molecule has 1 aliphatic heterocycles. The fraction of sp³-hybridized carbons (Fsp3) is 0.769. The maximum Gasteiger partial charge on any atom is 0.127 e. The first-order valence-corrected chi connectivity index (χ1v) is 7.48. The van der Waals surface area contributed by atoms with Crippen LogP contribution in [0.3, 0.4) is 0 Å². The van der Waals surface area contributed by atoms with Crippen molar-refractivity contribution < 1.29 is 5.11 Å². The average Bonchev–Trinajstić information content (AvgIpc) is 2.67. The number of fused-ring (bicyclic) bond motifs is 1. The number of aromatic nitrogens is 2. The Labute approximate surface area is 110 Å². The Morgan fingerprint density at radius 2 is 1.94 bits per heavy atom. The summed E-state index contributed by atoms with van der Waals surface area (Å²) in [5.41, 5.74) is 1.29. The lowest BCUT2D eigenvalue weighted by molar-refractivity contribution is 0.128. The van der Waals surface area contributed by atoms with Gasteiger partial charge in [0.25, 0.3) is 0 Å². The topological polar surface area (TPSA) is 38.1 Å². The molecule has 1 aromatic rings. The Bertz CT molecular complexity index is 410. The lowest BCUT2D eigenvalue weighted by Crippen LogP contribution is -2.26. The van der Waals surface area contributed by atoms with Crippen molar-refractivity contribution in [3.8, 4) is 0 Å². The molecule has 2 heterocycles. The molecule has 1 aromatic heterocycles. The van der Waals surface area contributed by atoms with E-state index in [1.165, 1.54) is 43.6 Å². The van der Waals surface area contributed by atoms with E-state index in [9.17, 15) is 5.11 Å². The van der Waals surface area contributed by atoms with Crippen LogP contribution in [0.2, 0.25) is 0 Å². The van der Waals surface area contributed by atoms with Crippen LogP contribution in [0.25, 0.3) is 0 Å². The summed E-state index contributed by atoms with van der Waals surface area (Å²) in [4.78, 5) is 4.72. The van der Waals surface area contributed by atoms with E-state index in [1.54, 1.807) is 0 Å². The van der Waals surface area contributed by atoms with Crippen LogP contribution in [0.4, 0.5) is 0 Å². The van der Waals surface area contributed by atoms with E-state index in [0.29, 0.717) is 5.92 Å². The van der Waals surface area contributed by atoms with E-state index in [2.05, 4.69) is 20.5 Å². The van der Waals surface area contributed by atoms with Gasteiger partial charge in [0.15, 0.2) is 0 Å². The molecule has 1 fully saturated rings. The highest BCUT2D eigenvalue weighted by molar-refractivity contribution is 9.10. The quantitative estimate of drug-likeness (QED) is 0.865. The minimum Gasteiger partial charge on any atom is -0.391 e. The van der Waals surface area contributed by atoms with Crippen molar-refractivity contribution in [3.05, 3.63) is 16.1 Å². The van der Waals surface area contributed by atoms with Crippen LogP contribution in [0.1, 0.15) is 56.0 Å². The average molecular weight is 299 g/mol. The molecule has 0 spiro atoms. The molecule has 4 heteroatoms. The van der Waals surface area contributed by atoms with E-state index in [-0.39, 0.29) is 6.10 Å². The number of nitrogens with zero attached hydrogens (tertiary/aromatic N) is 2. The predicted molar refractivity (Wildman–Crippen MR) is 70.1 cm³/mol. The molecule has 0 radical (unpaired) electrons. The third-order valence-electron chi connectivity index (χ3n) is 4.13. The predicted octanol–water partition coefficient (Wildman–Crippen LogP) is 3.00. The van der Waals surface area contributed by atoms with Gasteiger partial charge in [-0.3, -0.25) is 0 Å². The zero-order chi connectivity index (χ0) is 11.8. The second-order valence-electron chi connectivity index (χ2n) is 5.35. The molecule has 3 rings (SSSR count). The normalized spacial score (nSPS) is 25.9. The smallest absolute Gasteiger partial charge is 0.127 e. The lowest BCUT2D eigenvalue weighted by atomic mass is 9.88. The third kappa shape index (κ3) is 2.17. The van der Waals surface area contributed by atoms with E-state index >= 15 is 0 Å². The van der Waals surface area contributed by atoms with Crippen LogP contribution < -0.4 is 0 Å². The molecule has 0 bridgehead atoms. The number of aliphatic hydroxyl groups is 1. The minimum absolute atomic E-state index is 0.189. The highest BCUT2D eigenvalue weighted by Gasteiger charge is 2.27. The van der Waals surface area contributed by atoms with E-state index in [1.807, 2.05) is 0 Å². The number of hydrogen-bond acceptors (Lipinski definition) is 2. The number of halogens is 1. The second kappa shape index (κ2) is 4.73. The van der Waals surface area contributed by atoms with Gasteiger partial charge in [0.1, 0.15) is 10.4 Å². The van der Waals surface area contributed by atoms with Crippen molar-refractivity contribution in [2.45, 2.75) is 63.5 Å². The lowest BCUT2D eigenvalue weighted by Gasteiger charge is -2.26. The monoisotopic (exact) mass is 298 g/mol. The van der Waals surface area contributed by atoms with E-state index in [0.717, 1.165) is 24.0 Å². The van der Waals surface area contributed by atoms with Gasteiger partial charge in [-0.05, 0) is 41.6 Å². The minimum atomic E-state index is -0.189. The maximum atomic E-state index is 9.82. The molecule has 1 saturated carbocycles. The fourth-order valence-electron chi connectivity index (χ4n) is 3.19. The molecule has 3 nitrogen and oxygen atoms in total. The molecule has 17 heavy (non-hydrogen) atoms. The molecule has 0 amide bonds. The Kier molecular flexibility index (Phi) is 3.26. The molecule has 0 saturated heterocycles. The van der Waals surface area contributed by atoms with Crippen LogP contribution in [0.5, 0.6) is 0 Å². The molecule has 1 aliphatic carbocycles. The zero-order valence-electron chi connectivity index (χ0n) is 10.0. The largest absolute Gasteiger partial charge is 0.391 e. The number of aliphatic hydroxyl groups excluding tert-OH is 1. The molecule has 2 aliphatic rings. The van der Waals surface area contributed by atoms with Crippen LogP contribution in [-0.4, -0.2) is 20.8 Å². The molecule has 1 atom stereocenters. The summed E-state index contributed by atoms with van der Waals surface area (Å²) in [6.45, 7) is 0.736. The first kappa shape index (κ1) is 11.7. The van der Waals surface area contributed by atoms with Gasteiger partial charge in [0, 0.05) is 5.92 Å². The Morgan fingerprint density at radius 1 is 1.18 bits per heavy atom.